The van der Waals surface area contributed by atoms with Crippen LogP contribution in [0.4, 0.5) is 0 Å². The Hall–Kier alpha value is -1.20. The van der Waals surface area contributed by atoms with Gasteiger partial charge in [-0.05, 0) is 30.7 Å². The first-order valence-corrected chi connectivity index (χ1v) is 8.97. The first-order chi connectivity index (χ1) is 10.7. The number of amides is 1. The summed E-state index contributed by atoms with van der Waals surface area (Å²) in [6, 6.07) is 3.68. The summed E-state index contributed by atoms with van der Waals surface area (Å²) in [5.74, 6) is 0.0966. The van der Waals surface area contributed by atoms with Crippen LogP contribution in [0.1, 0.15) is 61.0 Å². The lowest BCUT2D eigenvalue weighted by molar-refractivity contribution is -0.122. The quantitative estimate of drug-likeness (QED) is 0.722. The molecule has 5 heteroatoms. The first kappa shape index (κ1) is 17.2. The number of aliphatic hydroxyl groups excluding tert-OH is 1. The second kappa shape index (κ2) is 8.44. The highest BCUT2D eigenvalue weighted by Gasteiger charge is 2.31. The lowest BCUT2D eigenvalue weighted by Crippen LogP contribution is -2.41. The van der Waals surface area contributed by atoms with Crippen LogP contribution >= 0.6 is 11.3 Å². The Bertz CT molecular complexity index is 478. The van der Waals surface area contributed by atoms with Crippen molar-refractivity contribution in [3.63, 3.8) is 0 Å². The minimum absolute atomic E-state index is 0.0163. The summed E-state index contributed by atoms with van der Waals surface area (Å²) in [5, 5.41) is 14.4. The van der Waals surface area contributed by atoms with Crippen molar-refractivity contribution in [3.8, 4) is 0 Å². The van der Waals surface area contributed by atoms with Crippen LogP contribution < -0.4 is 5.32 Å². The molecule has 1 heterocycles. The van der Waals surface area contributed by atoms with Gasteiger partial charge in [0.1, 0.15) is 0 Å². The monoisotopic (exact) mass is 323 g/mol. The average Bonchev–Trinajstić information content (AvgIpc) is 3.08. The Morgan fingerprint density at radius 2 is 2.00 bits per heavy atom. The summed E-state index contributed by atoms with van der Waals surface area (Å²) >= 11 is 1.44. The number of hydrogen-bond donors (Lipinski definition) is 2. The molecule has 4 nitrogen and oxygen atoms in total. The molecule has 22 heavy (non-hydrogen) atoms. The minimum Gasteiger partial charge on any atom is -0.396 e. The molecule has 1 aliphatic carbocycles. The molecule has 2 rings (SSSR count). The molecule has 0 radical (unpaired) electrons. The molecule has 0 aliphatic heterocycles. The maximum absolute atomic E-state index is 11.9. The lowest BCUT2D eigenvalue weighted by Gasteiger charge is -2.35. The van der Waals surface area contributed by atoms with E-state index < -0.39 is 0 Å². The van der Waals surface area contributed by atoms with Crippen molar-refractivity contribution in [1.82, 2.24) is 5.32 Å². The van der Waals surface area contributed by atoms with Gasteiger partial charge in [-0.15, -0.1) is 11.3 Å². The molecule has 1 saturated carbocycles. The topological polar surface area (TPSA) is 66.4 Å². The first-order valence-electron chi connectivity index (χ1n) is 8.09. The highest BCUT2D eigenvalue weighted by atomic mass is 32.1. The Morgan fingerprint density at radius 1 is 1.23 bits per heavy atom. The van der Waals surface area contributed by atoms with E-state index in [0.717, 1.165) is 30.6 Å². The largest absolute Gasteiger partial charge is 0.396 e. The summed E-state index contributed by atoms with van der Waals surface area (Å²) in [4.78, 5) is 24.5. The molecular formula is C17H25NO3S. The molecule has 0 saturated heterocycles. The minimum atomic E-state index is -0.124. The molecule has 1 aromatic heterocycles. The van der Waals surface area contributed by atoms with E-state index in [-0.39, 0.29) is 23.7 Å². The molecule has 0 aromatic carbocycles. The Morgan fingerprint density at radius 3 is 2.64 bits per heavy atom. The fourth-order valence-corrected chi connectivity index (χ4v) is 3.73. The number of ketones is 1. The predicted octanol–water partition coefficient (Wildman–Crippen LogP) is 3.16. The van der Waals surface area contributed by atoms with E-state index in [1.54, 1.807) is 0 Å². The SMILES string of the molecule is O=C(CCCC(=O)c1cccs1)NCC1(CO)CCCCC1. The third-order valence-electron chi connectivity index (χ3n) is 4.51. The number of hydrogen-bond acceptors (Lipinski definition) is 4. The van der Waals surface area contributed by atoms with E-state index in [0.29, 0.717) is 25.8 Å². The number of carbonyl (C=O) groups excluding carboxylic acids is 2. The van der Waals surface area contributed by atoms with Crippen LogP contribution in [0.5, 0.6) is 0 Å². The fraction of sp³-hybridized carbons (Fsp3) is 0.647. The third-order valence-corrected chi connectivity index (χ3v) is 5.42. The Labute approximate surface area is 135 Å². The van der Waals surface area contributed by atoms with E-state index in [1.807, 2.05) is 17.5 Å². The molecular weight excluding hydrogens is 298 g/mol. The summed E-state index contributed by atoms with van der Waals surface area (Å²) < 4.78 is 0. The van der Waals surface area contributed by atoms with Crippen LogP contribution in [-0.4, -0.2) is 29.9 Å². The van der Waals surface area contributed by atoms with Gasteiger partial charge in [-0.1, -0.05) is 25.3 Å². The normalized spacial score (nSPS) is 17.1. The molecule has 0 atom stereocenters. The van der Waals surface area contributed by atoms with Crippen LogP contribution in [0, 0.1) is 5.41 Å². The number of nitrogens with one attached hydrogen (secondary N) is 1. The predicted molar refractivity (Wildman–Crippen MR) is 88.1 cm³/mol. The molecule has 122 valence electrons. The zero-order valence-corrected chi connectivity index (χ0v) is 13.8. The molecule has 1 fully saturated rings. The standard InChI is InChI=1S/C17H25NO3S/c19-13-17(9-2-1-3-10-17)12-18-16(21)8-4-6-14(20)15-7-5-11-22-15/h5,7,11,19H,1-4,6,8-10,12-13H2,(H,18,21). The number of thiophene rings is 1. The van der Waals surface area contributed by atoms with Gasteiger partial charge in [-0.3, -0.25) is 9.59 Å². The molecule has 1 aromatic rings. The summed E-state index contributed by atoms with van der Waals surface area (Å²) in [7, 11) is 0. The molecule has 1 aliphatic rings. The number of aliphatic hydroxyl groups is 1. The Balaban J connectivity index is 1.66. The number of Topliss-reactive ketones (excluding diaryl/α,β-unsaturated/α-hetero) is 1. The van der Waals surface area contributed by atoms with Gasteiger partial charge < -0.3 is 10.4 Å². The van der Waals surface area contributed by atoms with Gasteiger partial charge in [-0.25, -0.2) is 0 Å². The van der Waals surface area contributed by atoms with E-state index in [9.17, 15) is 14.7 Å². The number of carbonyl (C=O) groups is 2. The second-order valence-electron chi connectivity index (χ2n) is 6.25. The van der Waals surface area contributed by atoms with Crippen molar-refractivity contribution < 1.29 is 14.7 Å². The van der Waals surface area contributed by atoms with Crippen molar-refractivity contribution in [2.45, 2.75) is 51.4 Å². The fourth-order valence-electron chi connectivity index (χ4n) is 3.04. The van der Waals surface area contributed by atoms with Gasteiger partial charge in [0.25, 0.3) is 0 Å². The van der Waals surface area contributed by atoms with Crippen molar-refractivity contribution in [3.05, 3.63) is 22.4 Å². The van der Waals surface area contributed by atoms with Gasteiger partial charge in [0.05, 0.1) is 11.5 Å². The van der Waals surface area contributed by atoms with Gasteiger partial charge in [0.2, 0.25) is 5.91 Å². The zero-order valence-electron chi connectivity index (χ0n) is 13.0. The van der Waals surface area contributed by atoms with Crippen molar-refractivity contribution in [2.75, 3.05) is 13.2 Å². The van der Waals surface area contributed by atoms with Crippen molar-refractivity contribution >= 4 is 23.0 Å². The Kier molecular flexibility index (Phi) is 6.58. The van der Waals surface area contributed by atoms with Crippen molar-refractivity contribution in [1.29, 1.82) is 0 Å². The van der Waals surface area contributed by atoms with Crippen LogP contribution in [0.15, 0.2) is 17.5 Å². The molecule has 1 amide bonds. The van der Waals surface area contributed by atoms with Gasteiger partial charge in [0, 0.05) is 24.8 Å². The molecule has 0 spiro atoms. The van der Waals surface area contributed by atoms with E-state index >= 15 is 0 Å². The second-order valence-corrected chi connectivity index (χ2v) is 7.20. The summed E-state index contributed by atoms with van der Waals surface area (Å²) in [6.07, 6.45) is 6.83. The molecule has 0 unspecified atom stereocenters. The maximum atomic E-state index is 11.9. The van der Waals surface area contributed by atoms with Gasteiger partial charge in [-0.2, -0.15) is 0 Å². The average molecular weight is 323 g/mol. The third kappa shape index (κ3) is 4.92. The van der Waals surface area contributed by atoms with Crippen molar-refractivity contribution in [2.24, 2.45) is 5.41 Å². The van der Waals surface area contributed by atoms with Crippen LogP contribution in [0.25, 0.3) is 0 Å². The summed E-state index contributed by atoms with van der Waals surface area (Å²) in [6.45, 7) is 0.700. The van der Waals surface area contributed by atoms with E-state index in [4.69, 9.17) is 0 Å². The lowest BCUT2D eigenvalue weighted by atomic mass is 9.74. The zero-order chi connectivity index (χ0) is 15.8. The van der Waals surface area contributed by atoms with E-state index in [1.165, 1.54) is 17.8 Å². The molecule has 2 N–H and O–H groups in total. The highest BCUT2D eigenvalue weighted by molar-refractivity contribution is 7.12. The van der Waals surface area contributed by atoms with E-state index in [2.05, 4.69) is 5.32 Å². The van der Waals surface area contributed by atoms with Gasteiger partial charge >= 0.3 is 0 Å². The number of rotatable bonds is 8. The van der Waals surface area contributed by atoms with Crippen LogP contribution in [-0.2, 0) is 4.79 Å². The summed E-state index contributed by atoms with van der Waals surface area (Å²) in [5.41, 5.74) is -0.124. The maximum Gasteiger partial charge on any atom is 0.220 e. The smallest absolute Gasteiger partial charge is 0.220 e. The van der Waals surface area contributed by atoms with Crippen LogP contribution in [0.2, 0.25) is 0 Å². The molecule has 0 bridgehead atoms. The van der Waals surface area contributed by atoms with Gasteiger partial charge in [0.15, 0.2) is 5.78 Å². The van der Waals surface area contributed by atoms with Crippen LogP contribution in [0.3, 0.4) is 0 Å². The highest BCUT2D eigenvalue weighted by Crippen LogP contribution is 2.35.